The molecule has 1 saturated carbocycles. The lowest BCUT2D eigenvalue weighted by Gasteiger charge is -2.25. The van der Waals surface area contributed by atoms with Gasteiger partial charge in [-0.3, -0.25) is 9.36 Å². The molecule has 2 atom stereocenters. The largest absolute Gasteiger partial charge is 0.492 e. The van der Waals surface area contributed by atoms with Gasteiger partial charge in [-0.15, -0.1) is 0 Å². The number of hydrogen-bond donors (Lipinski definition) is 2. The molecule has 1 aliphatic carbocycles. The number of hydrogen-bond acceptors (Lipinski definition) is 6. The van der Waals surface area contributed by atoms with Gasteiger partial charge in [0.05, 0.1) is 24.7 Å². The highest BCUT2D eigenvalue weighted by Crippen LogP contribution is 2.42. The van der Waals surface area contributed by atoms with Crippen molar-refractivity contribution in [2.45, 2.75) is 38.3 Å². The Morgan fingerprint density at radius 3 is 2.77 bits per heavy atom. The molecular formula is C21H28N6O3. The van der Waals surface area contributed by atoms with E-state index < -0.39 is 11.2 Å². The number of aromatic nitrogens is 2. The molecule has 2 aliphatic rings. The van der Waals surface area contributed by atoms with Crippen molar-refractivity contribution < 1.29 is 4.74 Å². The fraction of sp³-hybridized carbons (Fsp3) is 0.571. The smallest absolute Gasteiger partial charge is 0.350 e. The molecule has 1 aliphatic heterocycles. The zero-order chi connectivity index (χ0) is 21.4. The van der Waals surface area contributed by atoms with Crippen molar-refractivity contribution in [1.82, 2.24) is 14.6 Å². The molecule has 30 heavy (non-hydrogen) atoms. The Kier molecular flexibility index (Phi) is 5.43. The number of nitrogen functional groups attached to an aromatic ring is 1. The topological polar surface area (TPSA) is 98.9 Å². The van der Waals surface area contributed by atoms with E-state index in [0.29, 0.717) is 46.4 Å². The van der Waals surface area contributed by atoms with E-state index in [1.807, 2.05) is 6.07 Å². The predicted molar refractivity (Wildman–Crippen MR) is 117 cm³/mol. The van der Waals surface area contributed by atoms with E-state index in [4.69, 9.17) is 17.2 Å². The number of nitrogens with one attached hydrogen (secondary N) is 1. The summed E-state index contributed by atoms with van der Waals surface area (Å²) < 4.78 is 8.10. The van der Waals surface area contributed by atoms with Crippen molar-refractivity contribution in [3.63, 3.8) is 0 Å². The minimum Gasteiger partial charge on any atom is -0.492 e. The molecule has 0 amide bonds. The molecule has 2 fully saturated rings. The van der Waals surface area contributed by atoms with Gasteiger partial charge in [0.1, 0.15) is 5.52 Å². The predicted octanol–water partition coefficient (Wildman–Crippen LogP) is 0.944. The lowest BCUT2D eigenvalue weighted by molar-refractivity contribution is 0.406. The van der Waals surface area contributed by atoms with Crippen molar-refractivity contribution in [3.05, 3.63) is 44.4 Å². The van der Waals surface area contributed by atoms with Gasteiger partial charge in [0, 0.05) is 25.2 Å². The Balaban J connectivity index is 1.72. The van der Waals surface area contributed by atoms with Gasteiger partial charge in [0.25, 0.3) is 5.56 Å². The highest BCUT2D eigenvalue weighted by atomic mass is 16.5. The second kappa shape index (κ2) is 8.03. The molecule has 1 aromatic heterocycles. The third kappa shape index (κ3) is 3.41. The molecule has 9 nitrogen and oxygen atoms in total. The number of fused-ring (bicyclic) bond motifs is 1. The molecule has 1 saturated heterocycles. The van der Waals surface area contributed by atoms with Crippen molar-refractivity contribution in [1.29, 1.82) is 0 Å². The van der Waals surface area contributed by atoms with E-state index in [-0.39, 0.29) is 6.04 Å². The molecule has 2 aromatic rings. The van der Waals surface area contributed by atoms with Gasteiger partial charge in [0.2, 0.25) is 6.54 Å². The molecule has 1 aromatic carbocycles. The number of anilines is 1. The summed E-state index contributed by atoms with van der Waals surface area (Å²) in [6.45, 7) is 12.0. The molecule has 3 N–H and O–H groups in total. The van der Waals surface area contributed by atoms with Crippen LogP contribution in [0.3, 0.4) is 0 Å². The van der Waals surface area contributed by atoms with Crippen molar-refractivity contribution in [3.8, 4) is 5.75 Å². The van der Waals surface area contributed by atoms with Crippen LogP contribution in [-0.2, 0) is 0 Å². The summed E-state index contributed by atoms with van der Waals surface area (Å²) in [7, 11) is 1.58. The van der Waals surface area contributed by atoms with Crippen molar-refractivity contribution in [2.75, 3.05) is 44.0 Å². The van der Waals surface area contributed by atoms with Crippen LogP contribution in [0.5, 0.6) is 5.75 Å². The summed E-state index contributed by atoms with van der Waals surface area (Å²) in [5.41, 5.74) is 0.431. The number of nitrogens with two attached hydrogens (primary N) is 1. The average Bonchev–Trinajstić information content (AvgIpc) is 3.46. The Morgan fingerprint density at radius 2 is 2.10 bits per heavy atom. The fourth-order valence-electron chi connectivity index (χ4n) is 4.45. The van der Waals surface area contributed by atoms with Crippen LogP contribution in [0.15, 0.2) is 21.7 Å². The quantitative estimate of drug-likeness (QED) is 0.399. The van der Waals surface area contributed by atoms with Gasteiger partial charge in [0.15, 0.2) is 5.75 Å². The highest BCUT2D eigenvalue weighted by Gasteiger charge is 2.33. The van der Waals surface area contributed by atoms with E-state index in [1.54, 1.807) is 17.7 Å². The van der Waals surface area contributed by atoms with Crippen LogP contribution in [-0.4, -0.2) is 48.6 Å². The van der Waals surface area contributed by atoms with Crippen LogP contribution < -0.4 is 32.0 Å². The molecule has 9 heteroatoms. The fourth-order valence-corrected chi connectivity index (χ4v) is 4.45. The lowest BCUT2D eigenvalue weighted by Crippen LogP contribution is -2.44. The van der Waals surface area contributed by atoms with Gasteiger partial charge in [-0.25, -0.2) is 11.4 Å². The molecule has 0 spiro atoms. The molecular weight excluding hydrogens is 384 g/mol. The van der Waals surface area contributed by atoms with E-state index >= 15 is 0 Å². The maximum Gasteiger partial charge on any atom is 0.350 e. The van der Waals surface area contributed by atoms with Crippen LogP contribution in [0.4, 0.5) is 5.69 Å². The van der Waals surface area contributed by atoms with E-state index in [1.165, 1.54) is 0 Å². The third-order valence-electron chi connectivity index (χ3n) is 6.29. The van der Waals surface area contributed by atoms with Gasteiger partial charge in [-0.2, -0.15) is 4.68 Å². The minimum atomic E-state index is -0.506. The zero-order valence-electron chi connectivity index (χ0n) is 17.4. The lowest BCUT2D eigenvalue weighted by atomic mass is 10.0. The Hall–Kier alpha value is -2.99. The number of benzene rings is 1. The van der Waals surface area contributed by atoms with Crippen LogP contribution in [0.25, 0.3) is 15.7 Å². The number of nitrogens with zero attached hydrogens (tertiary/aromatic N) is 4. The summed E-state index contributed by atoms with van der Waals surface area (Å²) in [5.74, 6) is 6.76. The minimum absolute atomic E-state index is 0.0533. The Morgan fingerprint density at radius 1 is 1.33 bits per heavy atom. The first-order valence-corrected chi connectivity index (χ1v) is 10.4. The standard InChI is InChI=1S/C21H28N6O3/c1-13(24-10-9-23-2)14-8-11-25(12-14)17-7-6-16-18(19(17)30-3)26(15-4-5-15)21(29)27(22)20(16)28/h6-7,13-15,24H,4-5,8-12,22H2,1,3H3. The first-order chi connectivity index (χ1) is 14.5. The van der Waals surface area contributed by atoms with Gasteiger partial charge in [-0.1, -0.05) is 0 Å². The molecule has 0 radical (unpaired) electrons. The van der Waals surface area contributed by atoms with Gasteiger partial charge in [-0.05, 0) is 44.2 Å². The molecule has 0 bridgehead atoms. The van der Waals surface area contributed by atoms with Crippen LogP contribution in [0, 0.1) is 12.5 Å². The van der Waals surface area contributed by atoms with Crippen LogP contribution >= 0.6 is 0 Å². The van der Waals surface area contributed by atoms with Gasteiger partial charge < -0.3 is 25.6 Å². The number of ether oxygens (including phenoxy) is 1. The Bertz CT molecular complexity index is 1110. The molecule has 4 rings (SSSR count). The summed E-state index contributed by atoms with van der Waals surface area (Å²) >= 11 is 0. The maximum atomic E-state index is 12.8. The SMILES string of the molecule is [C-]#[N+]CCNC(C)C1CCN(c2ccc3c(=O)n(N)c(=O)n(C4CC4)c3c2OC)C1. The van der Waals surface area contributed by atoms with E-state index in [2.05, 4.69) is 22.0 Å². The Labute approximate surface area is 174 Å². The summed E-state index contributed by atoms with van der Waals surface area (Å²) in [6, 6.07) is 4.00. The van der Waals surface area contributed by atoms with E-state index in [9.17, 15) is 9.59 Å². The normalized spacial score (nSPS) is 19.8. The summed E-state index contributed by atoms with van der Waals surface area (Å²) in [4.78, 5) is 31.0. The summed E-state index contributed by atoms with van der Waals surface area (Å²) in [6.07, 6.45) is 2.80. The van der Waals surface area contributed by atoms with E-state index in [0.717, 1.165) is 38.0 Å². The molecule has 160 valence electrons. The number of methoxy groups -OCH3 is 1. The molecule has 2 heterocycles. The second-order valence-electron chi connectivity index (χ2n) is 8.19. The average molecular weight is 412 g/mol. The summed E-state index contributed by atoms with van der Waals surface area (Å²) in [5, 5.41) is 3.83. The first kappa shape index (κ1) is 20.3. The van der Waals surface area contributed by atoms with Crippen LogP contribution in [0.1, 0.15) is 32.2 Å². The second-order valence-corrected chi connectivity index (χ2v) is 8.19. The van der Waals surface area contributed by atoms with Crippen molar-refractivity contribution >= 4 is 16.6 Å². The highest BCUT2D eigenvalue weighted by molar-refractivity contribution is 5.90. The van der Waals surface area contributed by atoms with Gasteiger partial charge >= 0.3 is 5.69 Å². The van der Waals surface area contributed by atoms with Crippen molar-refractivity contribution in [2.24, 2.45) is 5.92 Å². The zero-order valence-corrected chi connectivity index (χ0v) is 17.4. The third-order valence-corrected chi connectivity index (χ3v) is 6.29. The first-order valence-electron chi connectivity index (χ1n) is 10.4. The monoisotopic (exact) mass is 412 g/mol. The van der Waals surface area contributed by atoms with Crippen LogP contribution in [0.2, 0.25) is 0 Å². The maximum absolute atomic E-state index is 12.8. The number of rotatable bonds is 7. The molecule has 2 unspecified atom stereocenters.